The molecule has 3 saturated heterocycles. The van der Waals surface area contributed by atoms with Crippen molar-refractivity contribution in [1.29, 1.82) is 0 Å². The van der Waals surface area contributed by atoms with Gasteiger partial charge in [-0.2, -0.15) is 0 Å². The van der Waals surface area contributed by atoms with Crippen molar-refractivity contribution >= 4 is 17.1 Å². The van der Waals surface area contributed by atoms with Gasteiger partial charge in [0, 0.05) is 36.9 Å². The lowest BCUT2D eigenvalue weighted by molar-refractivity contribution is -0.167. The monoisotopic (exact) mass is 514 g/mol. The van der Waals surface area contributed by atoms with Crippen LogP contribution in [0.15, 0.2) is 23.3 Å². The van der Waals surface area contributed by atoms with Crippen molar-refractivity contribution in [3.05, 3.63) is 39.5 Å². The Hall–Kier alpha value is -1.42. The summed E-state index contributed by atoms with van der Waals surface area (Å²) in [7, 11) is 2.16. The highest BCUT2D eigenvalue weighted by molar-refractivity contribution is 6.33. The number of aromatic nitrogens is 2. The van der Waals surface area contributed by atoms with E-state index in [4.69, 9.17) is 16.3 Å². The number of hydrogen-bond donors (Lipinski definition) is 2. The number of halogens is 1. The minimum atomic E-state index is 0.0554. The van der Waals surface area contributed by atoms with E-state index in [0.29, 0.717) is 22.5 Å². The van der Waals surface area contributed by atoms with Crippen molar-refractivity contribution in [3.8, 4) is 0 Å². The van der Waals surface area contributed by atoms with Crippen LogP contribution in [0.4, 0.5) is 0 Å². The Kier molecular flexibility index (Phi) is 5.80. The molecule has 5 heterocycles. The maximum absolute atomic E-state index is 13.6. The maximum atomic E-state index is 13.6. The lowest BCUT2D eigenvalue weighted by atomic mass is 9.64. The van der Waals surface area contributed by atoms with Gasteiger partial charge in [-0.25, -0.2) is 15.6 Å². The molecule has 0 amide bonds. The average molecular weight is 515 g/mol. The first-order valence-electron chi connectivity index (χ1n) is 13.8. The smallest absolute Gasteiger partial charge is 0.333 e. The van der Waals surface area contributed by atoms with Crippen LogP contribution in [0.1, 0.15) is 63.0 Å². The van der Waals surface area contributed by atoms with Gasteiger partial charge in [-0.3, -0.25) is 18.8 Å². The summed E-state index contributed by atoms with van der Waals surface area (Å²) in [6, 6.07) is 2.29. The Morgan fingerprint density at radius 1 is 1.19 bits per heavy atom. The van der Waals surface area contributed by atoms with E-state index >= 15 is 0 Å². The second-order valence-corrected chi connectivity index (χ2v) is 13.0. The molecule has 3 unspecified atom stereocenters. The Bertz CT molecular complexity index is 1200. The van der Waals surface area contributed by atoms with Crippen LogP contribution >= 0.6 is 11.6 Å². The largest absolute Gasteiger partial charge is 0.380 e. The lowest BCUT2D eigenvalue weighted by Gasteiger charge is -2.51. The first-order chi connectivity index (χ1) is 17.4. The third-order valence-corrected chi connectivity index (χ3v) is 10.4. The molecule has 36 heavy (non-hydrogen) atoms. The van der Waals surface area contributed by atoms with E-state index in [-0.39, 0.29) is 17.1 Å². The Labute approximate surface area is 217 Å². The summed E-state index contributed by atoms with van der Waals surface area (Å²) in [5.41, 5.74) is 9.51. The topological polar surface area (TPSA) is 66.2 Å². The minimum absolute atomic E-state index is 0.0554. The number of fused-ring (bicyclic) bond motifs is 1. The molecule has 3 atom stereocenters. The summed E-state index contributed by atoms with van der Waals surface area (Å²) >= 11 is 6.76. The van der Waals surface area contributed by atoms with Crippen molar-refractivity contribution < 1.29 is 4.74 Å². The normalized spacial score (nSPS) is 31.9. The predicted molar refractivity (Wildman–Crippen MR) is 140 cm³/mol. The Morgan fingerprint density at radius 3 is 2.75 bits per heavy atom. The molecule has 2 N–H and O–H groups in total. The fourth-order valence-corrected chi connectivity index (χ4v) is 7.81. The van der Waals surface area contributed by atoms with Crippen molar-refractivity contribution in [2.75, 3.05) is 40.0 Å². The van der Waals surface area contributed by atoms with Gasteiger partial charge in [0.1, 0.15) is 0 Å². The third kappa shape index (κ3) is 4.05. The van der Waals surface area contributed by atoms with Crippen LogP contribution in [-0.2, 0) is 11.3 Å². The first kappa shape index (κ1) is 23.7. The summed E-state index contributed by atoms with van der Waals surface area (Å²) in [6.45, 7) is 5.75. The number of ether oxygens (including phenoxy) is 1. The molecule has 2 aromatic heterocycles. The number of likely N-dealkylation sites (tertiary alicyclic amines) is 1. The molecule has 2 aliphatic carbocycles. The fourth-order valence-electron chi connectivity index (χ4n) is 7.53. The SMILES string of the molecule is CN1CNNC1CC1(C2CCCC(n3cc4c(Cl)cc(CN5CCC6(CC6)C5)cn4c3=O)C2)COC1. The van der Waals surface area contributed by atoms with Crippen LogP contribution in [0.3, 0.4) is 0 Å². The predicted octanol–water partition coefficient (Wildman–Crippen LogP) is 3.20. The van der Waals surface area contributed by atoms with E-state index in [9.17, 15) is 4.79 Å². The van der Waals surface area contributed by atoms with Crippen LogP contribution in [-0.4, -0.2) is 65.0 Å². The molecule has 196 valence electrons. The Balaban J connectivity index is 1.11. The molecule has 0 aromatic carbocycles. The van der Waals surface area contributed by atoms with E-state index < -0.39 is 0 Å². The molecule has 5 fully saturated rings. The van der Waals surface area contributed by atoms with Gasteiger partial charge in [0.05, 0.1) is 36.6 Å². The first-order valence-corrected chi connectivity index (χ1v) is 14.2. The number of hydrogen-bond acceptors (Lipinski definition) is 6. The van der Waals surface area contributed by atoms with Crippen LogP contribution in [0.2, 0.25) is 5.02 Å². The summed E-state index contributed by atoms with van der Waals surface area (Å²) in [5, 5.41) is 0.683. The highest BCUT2D eigenvalue weighted by atomic mass is 35.5. The zero-order chi connectivity index (χ0) is 24.5. The third-order valence-electron chi connectivity index (χ3n) is 10.1. The molecule has 1 spiro atoms. The Morgan fingerprint density at radius 2 is 2.06 bits per heavy atom. The standard InChI is InChI=1S/C27H39ClN6O2/c1-31-18-29-30-24(31)11-27(16-36-17-27)20-3-2-4-21(10-20)33-14-23-22(28)9-19(13-34(23)25(33)35)12-32-8-7-26(15-32)5-6-26/h9,13-14,20-21,24,29-30H,2-8,10-12,15-18H2,1H3. The number of pyridine rings is 1. The molecule has 2 aromatic rings. The zero-order valence-corrected chi connectivity index (χ0v) is 22.1. The van der Waals surface area contributed by atoms with E-state index in [1.54, 1.807) is 4.40 Å². The van der Waals surface area contributed by atoms with Gasteiger partial charge in [-0.1, -0.05) is 18.0 Å². The van der Waals surface area contributed by atoms with Crippen LogP contribution < -0.4 is 16.5 Å². The van der Waals surface area contributed by atoms with E-state index in [1.165, 1.54) is 32.2 Å². The molecule has 0 radical (unpaired) electrons. The van der Waals surface area contributed by atoms with Crippen molar-refractivity contribution in [2.24, 2.45) is 16.7 Å². The van der Waals surface area contributed by atoms with Crippen LogP contribution in [0.25, 0.3) is 5.52 Å². The molecule has 2 saturated carbocycles. The molecule has 8 nitrogen and oxygen atoms in total. The number of hydrazine groups is 1. The fraction of sp³-hybridized carbons (Fsp3) is 0.741. The quantitative estimate of drug-likeness (QED) is 0.617. The van der Waals surface area contributed by atoms with Gasteiger partial charge in [-0.05, 0) is 81.5 Å². The van der Waals surface area contributed by atoms with Gasteiger partial charge in [-0.15, -0.1) is 0 Å². The molecule has 0 bridgehead atoms. The van der Waals surface area contributed by atoms with E-state index in [2.05, 4.69) is 33.8 Å². The number of nitrogens with zero attached hydrogens (tertiary/aromatic N) is 4. The molecular formula is C27H39ClN6O2. The molecule has 9 heteroatoms. The van der Waals surface area contributed by atoms with Gasteiger partial charge >= 0.3 is 5.69 Å². The molecule has 3 aliphatic heterocycles. The van der Waals surface area contributed by atoms with Crippen LogP contribution in [0.5, 0.6) is 0 Å². The molecular weight excluding hydrogens is 476 g/mol. The maximum Gasteiger partial charge on any atom is 0.333 e. The summed E-state index contributed by atoms with van der Waals surface area (Å²) in [6.07, 6.45) is 14.0. The number of imidazole rings is 1. The van der Waals surface area contributed by atoms with Gasteiger partial charge < -0.3 is 4.74 Å². The highest BCUT2D eigenvalue weighted by Crippen LogP contribution is 2.53. The highest BCUT2D eigenvalue weighted by Gasteiger charge is 2.49. The van der Waals surface area contributed by atoms with Gasteiger partial charge in [0.2, 0.25) is 0 Å². The number of rotatable bonds is 6. The summed E-state index contributed by atoms with van der Waals surface area (Å²) in [5.74, 6) is 0.562. The summed E-state index contributed by atoms with van der Waals surface area (Å²) < 4.78 is 9.58. The zero-order valence-electron chi connectivity index (χ0n) is 21.3. The second kappa shape index (κ2) is 8.82. The minimum Gasteiger partial charge on any atom is -0.380 e. The van der Waals surface area contributed by atoms with Crippen molar-refractivity contribution in [1.82, 2.24) is 29.6 Å². The molecule has 7 rings (SSSR count). The summed E-state index contributed by atoms with van der Waals surface area (Å²) in [4.78, 5) is 18.5. The second-order valence-electron chi connectivity index (χ2n) is 12.6. The average Bonchev–Trinajstić information content (AvgIpc) is 3.11. The molecule has 5 aliphatic rings. The van der Waals surface area contributed by atoms with E-state index in [1.807, 2.05) is 17.0 Å². The van der Waals surface area contributed by atoms with Crippen molar-refractivity contribution in [3.63, 3.8) is 0 Å². The van der Waals surface area contributed by atoms with Crippen molar-refractivity contribution in [2.45, 2.75) is 70.1 Å². The number of nitrogens with one attached hydrogen (secondary N) is 2. The lowest BCUT2D eigenvalue weighted by Crippen LogP contribution is -2.54. The van der Waals surface area contributed by atoms with Crippen LogP contribution in [0, 0.1) is 16.7 Å². The van der Waals surface area contributed by atoms with Gasteiger partial charge in [0.25, 0.3) is 0 Å². The van der Waals surface area contributed by atoms with E-state index in [0.717, 1.165) is 69.7 Å². The van der Waals surface area contributed by atoms with Gasteiger partial charge in [0.15, 0.2) is 0 Å².